The summed E-state index contributed by atoms with van der Waals surface area (Å²) in [6.07, 6.45) is 9.30. The second kappa shape index (κ2) is 10.8. The summed E-state index contributed by atoms with van der Waals surface area (Å²) in [6, 6.07) is 10.9. The second-order valence-electron chi connectivity index (χ2n) is 9.86. The van der Waals surface area contributed by atoms with Crippen molar-refractivity contribution < 1.29 is 13.9 Å². The van der Waals surface area contributed by atoms with E-state index in [0.717, 1.165) is 28.7 Å². The first-order valence-electron chi connectivity index (χ1n) is 13.3. The van der Waals surface area contributed by atoms with Crippen molar-refractivity contribution in [2.75, 3.05) is 7.11 Å². The Morgan fingerprint density at radius 3 is 2.35 bits per heavy atom. The van der Waals surface area contributed by atoms with E-state index < -0.39 is 0 Å². The summed E-state index contributed by atoms with van der Waals surface area (Å²) in [5.74, 6) is 0.743. The summed E-state index contributed by atoms with van der Waals surface area (Å²) in [5, 5.41) is 1.13. The van der Waals surface area contributed by atoms with E-state index in [1.54, 1.807) is 0 Å². The zero-order chi connectivity index (χ0) is 26.9. The Bertz CT molecular complexity index is 1570. The molecule has 0 bridgehead atoms. The Hall–Kier alpha value is -3.67. The van der Waals surface area contributed by atoms with Gasteiger partial charge in [-0.05, 0) is 48.4 Å². The number of benzene rings is 2. The van der Waals surface area contributed by atoms with Crippen LogP contribution in [0.2, 0.25) is 0 Å². The van der Waals surface area contributed by atoms with Crippen LogP contribution < -0.4 is 4.40 Å². The minimum absolute atomic E-state index is 0.348. The third kappa shape index (κ3) is 4.39. The highest BCUT2D eigenvalue weighted by atomic mass is 16.5. The number of rotatable bonds is 5. The third-order valence-electron chi connectivity index (χ3n) is 7.46. The minimum atomic E-state index is -0.366. The zero-order valence-electron chi connectivity index (χ0n) is 23.4. The smallest absolute Gasteiger partial charge is 0.368 e. The number of ether oxygens (including phenoxy) is 1. The number of aryl methyl sites for hydroxylation is 3. The number of aromatic nitrogens is 4. The van der Waals surface area contributed by atoms with Crippen molar-refractivity contribution in [3.05, 3.63) is 71.3 Å². The number of carbonyl (C=O) groups is 1. The number of hydrogen-bond acceptors (Lipinski definition) is 3. The number of imidazole rings is 2. The summed E-state index contributed by atoms with van der Waals surface area (Å²) < 4.78 is 11.2. The molecule has 0 saturated carbocycles. The Balaban J connectivity index is 0.000000747. The molecule has 3 heterocycles. The molecule has 0 aliphatic rings. The molecule has 0 fully saturated rings. The summed E-state index contributed by atoms with van der Waals surface area (Å²) in [7, 11) is 3.34. The van der Waals surface area contributed by atoms with Gasteiger partial charge < -0.3 is 4.74 Å². The molecule has 5 rings (SSSR count). The van der Waals surface area contributed by atoms with Crippen LogP contribution in [0.25, 0.3) is 33.5 Å². The van der Waals surface area contributed by atoms with Crippen LogP contribution in [-0.2, 0) is 11.8 Å². The molecule has 3 aromatic heterocycles. The SMILES string of the molecule is CCC(C)c1ccc(-c2c(C)cccc2C)c2c1c1n(C)c(C(=O)OC)c[n+]1c1nccn21.CCCC. The molecular formula is C31H39N4O2+. The van der Waals surface area contributed by atoms with Crippen LogP contribution in [0, 0.1) is 13.8 Å². The predicted molar refractivity (Wildman–Crippen MR) is 150 cm³/mol. The van der Waals surface area contributed by atoms with Gasteiger partial charge in [-0.1, -0.05) is 70.9 Å². The molecule has 1 atom stereocenters. The lowest BCUT2D eigenvalue weighted by atomic mass is 9.88. The van der Waals surface area contributed by atoms with Crippen LogP contribution in [0.5, 0.6) is 0 Å². The van der Waals surface area contributed by atoms with Crippen LogP contribution in [0.4, 0.5) is 0 Å². The lowest BCUT2D eigenvalue weighted by Crippen LogP contribution is -2.25. The van der Waals surface area contributed by atoms with Crippen molar-refractivity contribution in [2.24, 2.45) is 7.05 Å². The molecule has 194 valence electrons. The predicted octanol–water partition coefficient (Wildman–Crippen LogP) is 6.96. The zero-order valence-corrected chi connectivity index (χ0v) is 23.4. The van der Waals surface area contributed by atoms with Gasteiger partial charge in [0.15, 0.2) is 5.69 Å². The first-order valence-corrected chi connectivity index (χ1v) is 13.3. The lowest BCUT2D eigenvalue weighted by molar-refractivity contribution is -0.485. The molecule has 2 aromatic carbocycles. The van der Waals surface area contributed by atoms with Crippen molar-refractivity contribution in [2.45, 2.75) is 66.7 Å². The second-order valence-corrected chi connectivity index (χ2v) is 9.86. The first-order chi connectivity index (χ1) is 17.8. The molecule has 0 aliphatic heterocycles. The molecule has 0 amide bonds. The van der Waals surface area contributed by atoms with Crippen molar-refractivity contribution >= 4 is 28.3 Å². The van der Waals surface area contributed by atoms with Gasteiger partial charge in [0, 0.05) is 12.6 Å². The Kier molecular flexibility index (Phi) is 7.67. The topological polar surface area (TPSA) is 52.6 Å². The maximum atomic E-state index is 12.6. The maximum Gasteiger partial charge on any atom is 0.368 e. The van der Waals surface area contributed by atoms with Crippen LogP contribution in [0.15, 0.2) is 48.9 Å². The van der Waals surface area contributed by atoms with Gasteiger partial charge in [-0.25, -0.2) is 9.20 Å². The number of methoxy groups -OCH3 is 1. The van der Waals surface area contributed by atoms with Crippen molar-refractivity contribution in [3.63, 3.8) is 0 Å². The molecule has 6 nitrogen and oxygen atoms in total. The van der Waals surface area contributed by atoms with Crippen molar-refractivity contribution in [1.29, 1.82) is 0 Å². The third-order valence-corrected chi connectivity index (χ3v) is 7.46. The van der Waals surface area contributed by atoms with E-state index in [1.807, 2.05) is 34.6 Å². The molecule has 1 unspecified atom stereocenters. The van der Waals surface area contributed by atoms with Crippen LogP contribution in [0.3, 0.4) is 0 Å². The molecular weight excluding hydrogens is 460 g/mol. The van der Waals surface area contributed by atoms with E-state index in [9.17, 15) is 4.79 Å². The average molecular weight is 500 g/mol. The number of carbonyl (C=O) groups excluding carboxylic acids is 1. The molecule has 0 spiro atoms. The number of nitrogens with zero attached hydrogens (tertiary/aromatic N) is 4. The fraction of sp³-hybridized carbons (Fsp3) is 0.387. The monoisotopic (exact) mass is 499 g/mol. The largest absolute Gasteiger partial charge is 0.464 e. The van der Waals surface area contributed by atoms with Crippen LogP contribution in [0.1, 0.15) is 80.1 Å². The van der Waals surface area contributed by atoms with Crippen LogP contribution >= 0.6 is 0 Å². The van der Waals surface area contributed by atoms with Gasteiger partial charge in [-0.3, -0.25) is 4.57 Å². The average Bonchev–Trinajstić information content (AvgIpc) is 3.52. The highest BCUT2D eigenvalue weighted by Gasteiger charge is 2.29. The van der Waals surface area contributed by atoms with Gasteiger partial charge in [0.1, 0.15) is 17.9 Å². The van der Waals surface area contributed by atoms with Crippen molar-refractivity contribution in [3.8, 4) is 11.1 Å². The van der Waals surface area contributed by atoms with Gasteiger partial charge in [0.2, 0.25) is 5.65 Å². The fourth-order valence-electron chi connectivity index (χ4n) is 5.09. The quantitative estimate of drug-likeness (QED) is 0.194. The Labute approximate surface area is 219 Å². The summed E-state index contributed by atoms with van der Waals surface area (Å²) in [6.45, 7) is 13.1. The number of hydrogen-bond donors (Lipinski definition) is 0. The molecule has 6 heteroatoms. The minimum Gasteiger partial charge on any atom is -0.464 e. The lowest BCUT2D eigenvalue weighted by Gasteiger charge is -2.18. The normalized spacial score (nSPS) is 12.1. The van der Waals surface area contributed by atoms with E-state index in [1.165, 1.54) is 47.8 Å². The summed E-state index contributed by atoms with van der Waals surface area (Å²) in [4.78, 5) is 17.3. The van der Waals surface area contributed by atoms with Gasteiger partial charge in [-0.15, -0.1) is 4.98 Å². The molecule has 0 saturated heterocycles. The van der Waals surface area contributed by atoms with Gasteiger partial charge in [0.05, 0.1) is 18.7 Å². The standard InChI is InChI=1S/C27H29N4O2.C4H10/c1-7-16(2)19-11-12-20(22-17(3)9-8-10-18(22)4)24-23(19)25-29(5)21(26(32)33-6)15-31(25)27-28-13-14-30(24)27;1-3-4-2/h8-16H,7H2,1-6H3;3-4H2,1-2H3/q+1;. The number of unbranched alkanes of at least 4 members (excludes halogenated alkanes) is 1. The first kappa shape index (κ1) is 26.4. The number of fused-ring (bicyclic) bond motifs is 6. The van der Waals surface area contributed by atoms with Gasteiger partial charge in [-0.2, -0.15) is 4.40 Å². The number of esters is 1. The Morgan fingerprint density at radius 1 is 1.08 bits per heavy atom. The highest BCUT2D eigenvalue weighted by Crippen LogP contribution is 2.39. The maximum absolute atomic E-state index is 12.6. The van der Waals surface area contributed by atoms with Gasteiger partial charge >= 0.3 is 11.7 Å². The van der Waals surface area contributed by atoms with Crippen LogP contribution in [-0.4, -0.2) is 27.0 Å². The van der Waals surface area contributed by atoms with E-state index >= 15 is 0 Å². The Morgan fingerprint density at radius 2 is 1.76 bits per heavy atom. The fourth-order valence-corrected chi connectivity index (χ4v) is 5.09. The molecule has 37 heavy (non-hydrogen) atoms. The summed E-state index contributed by atoms with van der Waals surface area (Å²) >= 11 is 0. The summed E-state index contributed by atoms with van der Waals surface area (Å²) in [5.41, 5.74) is 8.66. The highest BCUT2D eigenvalue weighted by molar-refractivity contribution is 6.04. The molecule has 0 radical (unpaired) electrons. The van der Waals surface area contributed by atoms with E-state index in [2.05, 4.69) is 81.3 Å². The molecule has 0 aliphatic carbocycles. The van der Waals surface area contributed by atoms with E-state index in [0.29, 0.717) is 11.6 Å². The van der Waals surface area contributed by atoms with Gasteiger partial charge in [0.25, 0.3) is 0 Å². The van der Waals surface area contributed by atoms with Crippen molar-refractivity contribution in [1.82, 2.24) is 14.0 Å². The van der Waals surface area contributed by atoms with E-state index in [-0.39, 0.29) is 5.97 Å². The molecule has 5 aromatic rings. The van der Waals surface area contributed by atoms with E-state index in [4.69, 9.17) is 4.74 Å². The molecule has 0 N–H and O–H groups in total.